The number of alkyl halides is 3. The number of rotatable bonds is 4. The summed E-state index contributed by atoms with van der Waals surface area (Å²) in [6.07, 6.45) is -3.17. The van der Waals surface area contributed by atoms with Crippen molar-refractivity contribution in [3.8, 4) is 0 Å². The first-order chi connectivity index (χ1) is 8.38. The summed E-state index contributed by atoms with van der Waals surface area (Å²) in [5.74, 6) is 0.223. The number of aliphatic hydroxyl groups is 1. The quantitative estimate of drug-likeness (QED) is 0.729. The van der Waals surface area contributed by atoms with E-state index in [9.17, 15) is 18.3 Å². The summed E-state index contributed by atoms with van der Waals surface area (Å²) in [7, 11) is 0. The molecule has 1 saturated carbocycles. The molecule has 0 aromatic heterocycles. The van der Waals surface area contributed by atoms with Gasteiger partial charge >= 0.3 is 6.18 Å². The Morgan fingerprint density at radius 1 is 1.39 bits per heavy atom. The minimum absolute atomic E-state index is 0.0450. The van der Waals surface area contributed by atoms with Crippen molar-refractivity contribution < 1.29 is 18.3 Å². The largest absolute Gasteiger partial charge is 0.418 e. The van der Waals surface area contributed by atoms with Crippen molar-refractivity contribution in [1.29, 1.82) is 0 Å². The summed E-state index contributed by atoms with van der Waals surface area (Å²) in [5.41, 5.74) is 4.58. The molecule has 18 heavy (non-hydrogen) atoms. The summed E-state index contributed by atoms with van der Waals surface area (Å²) in [6.45, 7) is 0.123. The van der Waals surface area contributed by atoms with Crippen molar-refractivity contribution in [2.75, 3.05) is 17.6 Å². The van der Waals surface area contributed by atoms with Crippen LogP contribution in [0, 0.1) is 5.92 Å². The lowest BCUT2D eigenvalue weighted by Gasteiger charge is -2.17. The highest BCUT2D eigenvalue weighted by atomic mass is 19.4. The van der Waals surface area contributed by atoms with Crippen LogP contribution in [-0.4, -0.2) is 17.8 Å². The predicted molar refractivity (Wildman–Crippen MR) is 63.1 cm³/mol. The SMILES string of the molecule is Nc1ccc(NCC(O)C2CC2)c(C(F)(F)F)c1. The number of halogens is 3. The zero-order valence-electron chi connectivity index (χ0n) is 9.67. The van der Waals surface area contributed by atoms with Crippen LogP contribution in [0.4, 0.5) is 24.5 Å². The van der Waals surface area contributed by atoms with Crippen LogP contribution in [0.5, 0.6) is 0 Å². The molecule has 0 saturated heterocycles. The molecule has 2 rings (SSSR count). The Bertz CT molecular complexity index is 430. The van der Waals surface area contributed by atoms with Gasteiger partial charge in [0.05, 0.1) is 11.7 Å². The van der Waals surface area contributed by atoms with Crippen LogP contribution in [0.15, 0.2) is 18.2 Å². The van der Waals surface area contributed by atoms with Crippen molar-refractivity contribution in [3.05, 3.63) is 23.8 Å². The van der Waals surface area contributed by atoms with Gasteiger partial charge in [-0.25, -0.2) is 0 Å². The standard InChI is InChI=1S/C12H15F3N2O/c13-12(14,15)9-5-8(16)3-4-10(9)17-6-11(18)7-1-2-7/h3-5,7,11,17-18H,1-2,6,16H2. The van der Waals surface area contributed by atoms with Crippen LogP contribution in [0.1, 0.15) is 18.4 Å². The fraction of sp³-hybridized carbons (Fsp3) is 0.500. The second kappa shape index (κ2) is 4.68. The number of hydrogen-bond donors (Lipinski definition) is 3. The molecule has 0 spiro atoms. The summed E-state index contributed by atoms with van der Waals surface area (Å²) in [4.78, 5) is 0. The summed E-state index contributed by atoms with van der Waals surface area (Å²) in [5, 5.41) is 12.3. The van der Waals surface area contributed by atoms with Gasteiger partial charge in [-0.3, -0.25) is 0 Å². The molecule has 100 valence electrons. The Balaban J connectivity index is 2.11. The highest BCUT2D eigenvalue weighted by Gasteiger charge is 2.34. The average Bonchev–Trinajstić information content (AvgIpc) is 3.09. The van der Waals surface area contributed by atoms with Crippen LogP contribution in [0.25, 0.3) is 0 Å². The van der Waals surface area contributed by atoms with E-state index in [1.54, 1.807) is 0 Å². The van der Waals surface area contributed by atoms with Gasteiger partial charge in [0.2, 0.25) is 0 Å². The number of benzene rings is 1. The lowest BCUT2D eigenvalue weighted by atomic mass is 10.1. The smallest absolute Gasteiger partial charge is 0.399 e. The topological polar surface area (TPSA) is 58.3 Å². The van der Waals surface area contributed by atoms with Crippen molar-refractivity contribution in [3.63, 3.8) is 0 Å². The lowest BCUT2D eigenvalue weighted by Crippen LogP contribution is -2.23. The van der Waals surface area contributed by atoms with Gasteiger partial charge in [0, 0.05) is 17.9 Å². The van der Waals surface area contributed by atoms with E-state index in [-0.39, 0.29) is 23.8 Å². The zero-order chi connectivity index (χ0) is 13.3. The van der Waals surface area contributed by atoms with E-state index in [2.05, 4.69) is 5.32 Å². The van der Waals surface area contributed by atoms with Crippen LogP contribution < -0.4 is 11.1 Å². The van der Waals surface area contributed by atoms with Crippen molar-refractivity contribution >= 4 is 11.4 Å². The van der Waals surface area contributed by atoms with Gasteiger partial charge in [-0.1, -0.05) is 0 Å². The van der Waals surface area contributed by atoms with Crippen LogP contribution in [0.2, 0.25) is 0 Å². The monoisotopic (exact) mass is 260 g/mol. The molecule has 0 heterocycles. The fourth-order valence-electron chi connectivity index (χ4n) is 1.81. The normalized spacial score (nSPS) is 17.6. The lowest BCUT2D eigenvalue weighted by molar-refractivity contribution is -0.136. The van der Waals surface area contributed by atoms with Gasteiger partial charge in [-0.15, -0.1) is 0 Å². The fourth-order valence-corrected chi connectivity index (χ4v) is 1.81. The first-order valence-corrected chi connectivity index (χ1v) is 5.76. The number of hydrogen-bond acceptors (Lipinski definition) is 3. The van der Waals surface area contributed by atoms with Gasteiger partial charge in [0.25, 0.3) is 0 Å². The molecule has 3 nitrogen and oxygen atoms in total. The van der Waals surface area contributed by atoms with E-state index in [1.165, 1.54) is 12.1 Å². The maximum absolute atomic E-state index is 12.8. The predicted octanol–water partition coefficient (Wildman–Crippen LogP) is 2.47. The number of anilines is 2. The van der Waals surface area contributed by atoms with Crippen LogP contribution in [0.3, 0.4) is 0 Å². The molecule has 1 aromatic carbocycles. The minimum atomic E-state index is -4.46. The highest BCUT2D eigenvalue weighted by molar-refractivity contribution is 5.59. The van der Waals surface area contributed by atoms with Gasteiger partial charge in [-0.05, 0) is 37.0 Å². The molecule has 1 atom stereocenters. The first-order valence-electron chi connectivity index (χ1n) is 5.76. The molecule has 1 unspecified atom stereocenters. The van der Waals surface area contributed by atoms with Crippen LogP contribution >= 0.6 is 0 Å². The van der Waals surface area contributed by atoms with E-state index in [1.807, 2.05) is 0 Å². The summed E-state index contributed by atoms with van der Waals surface area (Å²) in [6, 6.07) is 3.59. The Hall–Kier alpha value is -1.43. The van der Waals surface area contributed by atoms with Crippen LogP contribution in [-0.2, 0) is 6.18 Å². The number of aliphatic hydroxyl groups excluding tert-OH is 1. The van der Waals surface area contributed by atoms with Gasteiger partial charge in [0.15, 0.2) is 0 Å². The third-order valence-corrected chi connectivity index (χ3v) is 3.02. The van der Waals surface area contributed by atoms with Crippen molar-refractivity contribution in [1.82, 2.24) is 0 Å². The summed E-state index contributed by atoms with van der Waals surface area (Å²) < 4.78 is 38.3. The first kappa shape index (κ1) is 13.0. The van der Waals surface area contributed by atoms with Crippen molar-refractivity contribution in [2.45, 2.75) is 25.1 Å². The van der Waals surface area contributed by atoms with E-state index < -0.39 is 17.8 Å². The van der Waals surface area contributed by atoms with E-state index >= 15 is 0 Å². The molecule has 0 bridgehead atoms. The molecule has 1 aliphatic carbocycles. The average molecular weight is 260 g/mol. The second-order valence-electron chi connectivity index (χ2n) is 4.59. The molecule has 0 aliphatic heterocycles. The number of nitrogen functional groups attached to an aromatic ring is 1. The van der Waals surface area contributed by atoms with E-state index in [4.69, 9.17) is 5.73 Å². The zero-order valence-corrected chi connectivity index (χ0v) is 9.67. The highest BCUT2D eigenvalue weighted by Crippen LogP contribution is 2.37. The van der Waals surface area contributed by atoms with E-state index in [0.717, 1.165) is 18.9 Å². The number of nitrogens with one attached hydrogen (secondary N) is 1. The van der Waals surface area contributed by atoms with E-state index in [0.29, 0.717) is 0 Å². The molecule has 4 N–H and O–H groups in total. The Morgan fingerprint density at radius 3 is 2.61 bits per heavy atom. The third kappa shape index (κ3) is 3.07. The second-order valence-corrected chi connectivity index (χ2v) is 4.59. The molecule has 1 fully saturated rings. The summed E-state index contributed by atoms with van der Waals surface area (Å²) >= 11 is 0. The molecule has 0 radical (unpaired) electrons. The maximum Gasteiger partial charge on any atom is 0.418 e. The molecule has 1 aromatic rings. The Morgan fingerprint density at radius 2 is 2.06 bits per heavy atom. The van der Waals surface area contributed by atoms with Gasteiger partial charge in [0.1, 0.15) is 0 Å². The Kier molecular flexibility index (Phi) is 3.38. The molecule has 6 heteroatoms. The van der Waals surface area contributed by atoms with Gasteiger partial charge < -0.3 is 16.2 Å². The third-order valence-electron chi connectivity index (χ3n) is 3.02. The Labute approximate surface area is 103 Å². The number of nitrogens with two attached hydrogens (primary N) is 1. The maximum atomic E-state index is 12.8. The molecular weight excluding hydrogens is 245 g/mol. The molecule has 1 aliphatic rings. The van der Waals surface area contributed by atoms with Gasteiger partial charge in [-0.2, -0.15) is 13.2 Å². The van der Waals surface area contributed by atoms with Crippen molar-refractivity contribution in [2.24, 2.45) is 5.92 Å². The molecular formula is C12H15F3N2O. The minimum Gasteiger partial charge on any atom is -0.399 e. The molecule has 0 amide bonds.